The fourth-order valence-corrected chi connectivity index (χ4v) is 3.72. The quantitative estimate of drug-likeness (QED) is 0.556. The highest BCUT2D eigenvalue weighted by Crippen LogP contribution is 2.34. The van der Waals surface area contributed by atoms with Gasteiger partial charge in [-0.25, -0.2) is 8.42 Å². The summed E-state index contributed by atoms with van der Waals surface area (Å²) in [6.45, 7) is 6.19. The molecule has 1 aliphatic heterocycles. The molecule has 0 spiro atoms. The van der Waals surface area contributed by atoms with Gasteiger partial charge in [0.1, 0.15) is 13.2 Å². The number of nitrogens with zero attached hydrogens (tertiary/aromatic N) is 1. The lowest BCUT2D eigenvalue weighted by molar-refractivity contribution is -0.121. The van der Waals surface area contributed by atoms with Crippen LogP contribution in [0.2, 0.25) is 0 Å². The molecule has 158 valence electrons. The molecule has 1 heterocycles. The lowest BCUT2D eigenvalue weighted by Gasteiger charge is -2.25. The fraction of sp³-hybridized carbons (Fsp3) is 0.632. The van der Waals surface area contributed by atoms with Crippen molar-refractivity contribution >= 4 is 21.6 Å². The Bertz CT molecular complexity index is 751. The molecule has 0 atom stereocenters. The summed E-state index contributed by atoms with van der Waals surface area (Å²) in [7, 11) is -3.49. The van der Waals surface area contributed by atoms with Gasteiger partial charge in [0.05, 0.1) is 18.0 Å². The highest BCUT2D eigenvalue weighted by Gasteiger charge is 2.20. The molecule has 1 N–H and O–H groups in total. The van der Waals surface area contributed by atoms with Crippen molar-refractivity contribution in [1.29, 1.82) is 0 Å². The zero-order chi connectivity index (χ0) is 20.6. The number of sulfonamides is 1. The van der Waals surface area contributed by atoms with E-state index in [2.05, 4.69) is 5.32 Å². The Hall–Kier alpha value is -2.00. The third-order valence-corrected chi connectivity index (χ3v) is 5.27. The number of anilines is 1. The maximum atomic E-state index is 12.2. The average molecular weight is 415 g/mol. The molecule has 0 radical (unpaired) electrons. The van der Waals surface area contributed by atoms with Gasteiger partial charge in [-0.15, -0.1) is 0 Å². The van der Waals surface area contributed by atoms with Gasteiger partial charge in [-0.2, -0.15) is 0 Å². The molecule has 2 rings (SSSR count). The lowest BCUT2D eigenvalue weighted by atomic mass is 10.2. The van der Waals surface area contributed by atoms with Crippen LogP contribution in [-0.4, -0.2) is 59.6 Å². The second-order valence-corrected chi connectivity index (χ2v) is 8.80. The van der Waals surface area contributed by atoms with Gasteiger partial charge in [-0.1, -0.05) is 0 Å². The van der Waals surface area contributed by atoms with Crippen molar-refractivity contribution in [2.75, 3.05) is 43.5 Å². The summed E-state index contributed by atoms with van der Waals surface area (Å²) in [6, 6.07) is 5.04. The first-order valence-electron chi connectivity index (χ1n) is 9.53. The number of nitrogens with one attached hydrogen (secondary N) is 1. The fourth-order valence-electron chi connectivity index (χ4n) is 2.76. The Morgan fingerprint density at radius 3 is 2.61 bits per heavy atom. The van der Waals surface area contributed by atoms with Gasteiger partial charge in [0.25, 0.3) is 0 Å². The van der Waals surface area contributed by atoms with Gasteiger partial charge in [0.15, 0.2) is 11.5 Å². The number of ether oxygens (including phenoxy) is 3. The Labute approximate surface area is 167 Å². The summed E-state index contributed by atoms with van der Waals surface area (Å²) in [6.07, 6.45) is 2.74. The van der Waals surface area contributed by atoms with Crippen LogP contribution in [0.5, 0.6) is 11.5 Å². The molecule has 0 saturated carbocycles. The van der Waals surface area contributed by atoms with Crippen molar-refractivity contribution in [2.45, 2.75) is 39.2 Å². The molecule has 1 aromatic rings. The van der Waals surface area contributed by atoms with E-state index < -0.39 is 10.0 Å². The molecule has 0 aliphatic carbocycles. The number of hydrogen-bond acceptors (Lipinski definition) is 6. The van der Waals surface area contributed by atoms with E-state index in [1.54, 1.807) is 18.2 Å². The van der Waals surface area contributed by atoms with Crippen LogP contribution < -0.4 is 19.1 Å². The van der Waals surface area contributed by atoms with Crippen LogP contribution in [0.3, 0.4) is 0 Å². The molecule has 0 unspecified atom stereocenters. The van der Waals surface area contributed by atoms with Crippen LogP contribution in [0.1, 0.15) is 33.1 Å². The standard InChI is InChI=1S/C19H30N2O6S/c1-15(2)25-11-5-9-20-19(22)6-4-10-21(28(3,23)24)16-7-8-17-18(14-16)27-13-12-26-17/h7-8,14-15H,4-6,9-13H2,1-3H3,(H,20,22). The SMILES string of the molecule is CC(C)OCCCNC(=O)CCCN(c1ccc2c(c1)OCCO2)S(C)(=O)=O. The summed E-state index contributed by atoms with van der Waals surface area (Å²) in [4.78, 5) is 11.9. The summed E-state index contributed by atoms with van der Waals surface area (Å²) in [5.41, 5.74) is 0.498. The highest BCUT2D eigenvalue weighted by atomic mass is 32.2. The van der Waals surface area contributed by atoms with Gasteiger partial charge >= 0.3 is 0 Å². The van der Waals surface area contributed by atoms with Crippen LogP contribution in [0.4, 0.5) is 5.69 Å². The van der Waals surface area contributed by atoms with Gasteiger partial charge in [-0.3, -0.25) is 9.10 Å². The molecule has 0 bridgehead atoms. The van der Waals surface area contributed by atoms with Crippen molar-refractivity contribution in [1.82, 2.24) is 5.32 Å². The van der Waals surface area contributed by atoms with Crippen LogP contribution in [-0.2, 0) is 19.6 Å². The zero-order valence-electron chi connectivity index (χ0n) is 16.8. The second kappa shape index (κ2) is 10.5. The minimum atomic E-state index is -3.49. The Morgan fingerprint density at radius 1 is 1.21 bits per heavy atom. The Morgan fingerprint density at radius 2 is 1.93 bits per heavy atom. The topological polar surface area (TPSA) is 94.2 Å². The van der Waals surface area contributed by atoms with Crippen molar-refractivity contribution < 1.29 is 27.4 Å². The molecule has 0 aromatic heterocycles. The molecule has 0 fully saturated rings. The molecule has 8 nitrogen and oxygen atoms in total. The van der Waals surface area contributed by atoms with Gasteiger partial charge in [0.2, 0.25) is 15.9 Å². The largest absolute Gasteiger partial charge is 0.486 e. The number of carbonyl (C=O) groups is 1. The van der Waals surface area contributed by atoms with Crippen LogP contribution in [0.25, 0.3) is 0 Å². The summed E-state index contributed by atoms with van der Waals surface area (Å²) in [5.74, 6) is 1.03. The van der Waals surface area contributed by atoms with E-state index in [-0.39, 0.29) is 25.0 Å². The first-order valence-corrected chi connectivity index (χ1v) is 11.4. The lowest BCUT2D eigenvalue weighted by Crippen LogP contribution is -2.32. The number of carbonyl (C=O) groups excluding carboxylic acids is 1. The first-order chi connectivity index (χ1) is 13.3. The molecule has 1 aliphatic rings. The third-order valence-electron chi connectivity index (χ3n) is 4.07. The summed E-state index contributed by atoms with van der Waals surface area (Å²) < 4.78 is 42.1. The molecule has 28 heavy (non-hydrogen) atoms. The Kier molecular flexibility index (Phi) is 8.37. The van der Waals surface area contributed by atoms with Crippen LogP contribution in [0, 0.1) is 0 Å². The molecule has 9 heteroatoms. The molecular formula is C19H30N2O6S. The Balaban J connectivity index is 1.84. The number of fused-ring (bicyclic) bond motifs is 1. The third kappa shape index (κ3) is 7.20. The zero-order valence-corrected chi connectivity index (χ0v) is 17.6. The van der Waals surface area contributed by atoms with E-state index in [0.29, 0.717) is 50.0 Å². The van der Waals surface area contributed by atoms with E-state index >= 15 is 0 Å². The van der Waals surface area contributed by atoms with E-state index in [0.717, 1.165) is 12.7 Å². The van der Waals surface area contributed by atoms with E-state index in [1.807, 2.05) is 13.8 Å². The van der Waals surface area contributed by atoms with Crippen molar-refractivity contribution in [2.24, 2.45) is 0 Å². The van der Waals surface area contributed by atoms with Gasteiger partial charge in [-0.05, 0) is 38.8 Å². The minimum Gasteiger partial charge on any atom is -0.486 e. The normalized spacial score (nSPS) is 13.4. The minimum absolute atomic E-state index is 0.0971. The van der Waals surface area contributed by atoms with E-state index in [4.69, 9.17) is 14.2 Å². The molecule has 1 aromatic carbocycles. The van der Waals surface area contributed by atoms with E-state index in [9.17, 15) is 13.2 Å². The predicted molar refractivity (Wildman–Crippen MR) is 108 cm³/mol. The number of hydrogen-bond donors (Lipinski definition) is 1. The second-order valence-electron chi connectivity index (χ2n) is 6.89. The van der Waals surface area contributed by atoms with E-state index in [1.165, 1.54) is 4.31 Å². The smallest absolute Gasteiger partial charge is 0.232 e. The number of benzene rings is 1. The number of amides is 1. The first kappa shape index (κ1) is 22.3. The predicted octanol–water partition coefficient (Wildman–Crippen LogP) is 1.94. The molecular weight excluding hydrogens is 384 g/mol. The monoisotopic (exact) mass is 414 g/mol. The summed E-state index contributed by atoms with van der Waals surface area (Å²) in [5, 5.41) is 2.83. The highest BCUT2D eigenvalue weighted by molar-refractivity contribution is 7.92. The number of rotatable bonds is 11. The van der Waals surface area contributed by atoms with Crippen molar-refractivity contribution in [3.05, 3.63) is 18.2 Å². The maximum Gasteiger partial charge on any atom is 0.232 e. The van der Waals surface area contributed by atoms with Crippen molar-refractivity contribution in [3.8, 4) is 11.5 Å². The van der Waals surface area contributed by atoms with Gasteiger partial charge < -0.3 is 19.5 Å². The van der Waals surface area contributed by atoms with Crippen LogP contribution >= 0.6 is 0 Å². The van der Waals surface area contributed by atoms with Crippen molar-refractivity contribution in [3.63, 3.8) is 0 Å². The molecule has 1 amide bonds. The van der Waals surface area contributed by atoms with Crippen LogP contribution in [0.15, 0.2) is 18.2 Å². The van der Waals surface area contributed by atoms with Gasteiger partial charge in [0, 0.05) is 32.2 Å². The summed E-state index contributed by atoms with van der Waals surface area (Å²) >= 11 is 0. The average Bonchev–Trinajstić information content (AvgIpc) is 2.63. The molecule has 0 saturated heterocycles. The maximum absolute atomic E-state index is 12.2.